The molecule has 0 bridgehead atoms. The number of hydrogen-bond donors (Lipinski definition) is 1. The maximum atomic E-state index is 11.2. The van der Waals surface area contributed by atoms with Crippen molar-refractivity contribution < 1.29 is 9.21 Å². The second kappa shape index (κ2) is 8.02. The zero-order valence-electron chi connectivity index (χ0n) is 14.8. The maximum Gasteiger partial charge on any atom is 0.284 e. The second-order valence-corrected chi connectivity index (χ2v) is 6.59. The minimum atomic E-state index is -0.541. The number of carbonyl (C=O) groups is 1. The van der Waals surface area contributed by atoms with Gasteiger partial charge < -0.3 is 10.2 Å². The van der Waals surface area contributed by atoms with Crippen molar-refractivity contribution in [1.82, 2.24) is 0 Å². The summed E-state index contributed by atoms with van der Waals surface area (Å²) in [4.78, 5) is 11.2. The number of hydrogen-bond acceptors (Lipinski definition) is 2. The van der Waals surface area contributed by atoms with Crippen LogP contribution < -0.4 is 5.73 Å². The van der Waals surface area contributed by atoms with Gasteiger partial charge in [0.1, 0.15) is 5.58 Å². The van der Waals surface area contributed by atoms with Gasteiger partial charge in [0.15, 0.2) is 5.76 Å². The predicted molar refractivity (Wildman–Crippen MR) is 103 cm³/mol. The van der Waals surface area contributed by atoms with Crippen molar-refractivity contribution in [2.24, 2.45) is 5.73 Å². The number of rotatable bonds is 8. The molecule has 1 heterocycles. The van der Waals surface area contributed by atoms with Crippen molar-refractivity contribution in [3.63, 3.8) is 0 Å². The lowest BCUT2D eigenvalue weighted by molar-refractivity contribution is 0.0976. The summed E-state index contributed by atoms with van der Waals surface area (Å²) in [5, 5.41) is 0.895. The van der Waals surface area contributed by atoms with Gasteiger partial charge in [0, 0.05) is 5.39 Å². The van der Waals surface area contributed by atoms with Crippen molar-refractivity contribution in [3.8, 4) is 11.1 Å². The van der Waals surface area contributed by atoms with Gasteiger partial charge in [0.25, 0.3) is 5.91 Å². The van der Waals surface area contributed by atoms with Crippen molar-refractivity contribution in [3.05, 3.63) is 59.9 Å². The monoisotopic (exact) mass is 335 g/mol. The molecule has 3 nitrogen and oxygen atoms in total. The molecule has 3 aromatic rings. The summed E-state index contributed by atoms with van der Waals surface area (Å²) in [6.45, 7) is 2.24. The third-order valence-corrected chi connectivity index (χ3v) is 4.62. The first kappa shape index (κ1) is 17.3. The predicted octanol–water partition coefficient (Wildman–Crippen LogP) is 5.71. The molecule has 3 heteroatoms. The van der Waals surface area contributed by atoms with Crippen LogP contribution in [0, 0.1) is 0 Å². The van der Waals surface area contributed by atoms with Crippen molar-refractivity contribution >= 4 is 16.9 Å². The number of carbonyl (C=O) groups excluding carboxylic acids is 1. The fourth-order valence-corrected chi connectivity index (χ4v) is 3.14. The average molecular weight is 335 g/mol. The number of furan rings is 1. The van der Waals surface area contributed by atoms with E-state index in [1.807, 2.05) is 18.2 Å². The molecular weight excluding hydrogens is 310 g/mol. The highest BCUT2D eigenvalue weighted by molar-refractivity contribution is 5.96. The summed E-state index contributed by atoms with van der Waals surface area (Å²) in [6.07, 6.45) is 7.69. The van der Waals surface area contributed by atoms with E-state index in [0.29, 0.717) is 5.58 Å². The lowest BCUT2D eigenvalue weighted by Gasteiger charge is -2.05. The minimum absolute atomic E-state index is 0.200. The molecule has 0 saturated heterocycles. The fourth-order valence-electron chi connectivity index (χ4n) is 3.14. The summed E-state index contributed by atoms with van der Waals surface area (Å²) in [6, 6.07) is 16.4. The van der Waals surface area contributed by atoms with Crippen molar-refractivity contribution in [2.45, 2.75) is 45.4 Å². The van der Waals surface area contributed by atoms with E-state index in [2.05, 4.69) is 31.2 Å². The van der Waals surface area contributed by atoms with E-state index in [-0.39, 0.29) is 5.76 Å². The summed E-state index contributed by atoms with van der Waals surface area (Å²) < 4.78 is 5.44. The van der Waals surface area contributed by atoms with Gasteiger partial charge in [-0.1, -0.05) is 62.9 Å². The van der Waals surface area contributed by atoms with Gasteiger partial charge in [-0.25, -0.2) is 0 Å². The van der Waals surface area contributed by atoms with Crippen LogP contribution in [0.25, 0.3) is 22.1 Å². The smallest absolute Gasteiger partial charge is 0.284 e. The summed E-state index contributed by atoms with van der Waals surface area (Å²) in [7, 11) is 0. The Hall–Kier alpha value is -2.55. The topological polar surface area (TPSA) is 56.2 Å². The molecule has 2 N–H and O–H groups in total. The van der Waals surface area contributed by atoms with Crippen LogP contribution in [0.3, 0.4) is 0 Å². The van der Waals surface area contributed by atoms with E-state index in [4.69, 9.17) is 10.2 Å². The van der Waals surface area contributed by atoms with E-state index in [9.17, 15) is 4.79 Å². The Balaban J connectivity index is 1.69. The van der Waals surface area contributed by atoms with Crippen LogP contribution in [0.5, 0.6) is 0 Å². The van der Waals surface area contributed by atoms with Crippen molar-refractivity contribution in [2.75, 3.05) is 0 Å². The zero-order chi connectivity index (χ0) is 17.6. The molecule has 130 valence electrons. The number of primary amides is 1. The molecule has 2 aromatic carbocycles. The van der Waals surface area contributed by atoms with Gasteiger partial charge in [-0.2, -0.15) is 0 Å². The maximum absolute atomic E-state index is 11.2. The standard InChI is InChI=1S/C22H25NO2/c1-2-3-4-5-6-7-16-8-10-17(11-9-16)18-12-13-20-19(14-18)15-21(25-20)22(23)24/h8-15H,2-7H2,1H3,(H2,23,24). The first-order valence-electron chi connectivity index (χ1n) is 9.10. The quantitative estimate of drug-likeness (QED) is 0.536. The molecule has 25 heavy (non-hydrogen) atoms. The Morgan fingerprint density at radius 3 is 2.36 bits per heavy atom. The van der Waals surface area contributed by atoms with Gasteiger partial charge in [0.2, 0.25) is 0 Å². The molecule has 0 saturated carbocycles. The summed E-state index contributed by atoms with van der Waals surface area (Å²) in [5.74, 6) is -0.341. The molecule has 0 aliphatic carbocycles. The van der Waals surface area contributed by atoms with Crippen LogP contribution >= 0.6 is 0 Å². The average Bonchev–Trinajstić information content (AvgIpc) is 3.06. The molecule has 0 fully saturated rings. The highest BCUT2D eigenvalue weighted by atomic mass is 16.3. The minimum Gasteiger partial charge on any atom is -0.451 e. The molecule has 0 aliphatic rings. The second-order valence-electron chi connectivity index (χ2n) is 6.59. The molecule has 0 unspecified atom stereocenters. The highest BCUT2D eigenvalue weighted by Gasteiger charge is 2.09. The number of aryl methyl sites for hydroxylation is 1. The van der Waals surface area contributed by atoms with E-state index in [1.165, 1.54) is 43.2 Å². The first-order chi connectivity index (χ1) is 12.2. The van der Waals surface area contributed by atoms with Crippen LogP contribution in [0.1, 0.15) is 55.1 Å². The van der Waals surface area contributed by atoms with E-state index >= 15 is 0 Å². The van der Waals surface area contributed by atoms with Gasteiger partial charge in [-0.3, -0.25) is 4.79 Å². The van der Waals surface area contributed by atoms with Gasteiger partial charge >= 0.3 is 0 Å². The molecule has 0 spiro atoms. The SMILES string of the molecule is CCCCCCCc1ccc(-c2ccc3oc(C(N)=O)cc3c2)cc1. The van der Waals surface area contributed by atoms with Crippen molar-refractivity contribution in [1.29, 1.82) is 0 Å². The van der Waals surface area contributed by atoms with E-state index < -0.39 is 5.91 Å². The normalized spacial score (nSPS) is 11.1. The Morgan fingerprint density at radius 2 is 1.64 bits per heavy atom. The van der Waals surface area contributed by atoms with E-state index in [1.54, 1.807) is 6.07 Å². The molecular formula is C22H25NO2. The Kier molecular flexibility index (Phi) is 5.54. The van der Waals surface area contributed by atoms with Crippen LogP contribution in [0.2, 0.25) is 0 Å². The molecule has 1 amide bonds. The fraction of sp³-hybridized carbons (Fsp3) is 0.318. The summed E-state index contributed by atoms with van der Waals surface area (Å²) in [5.41, 5.74) is 9.62. The van der Waals surface area contributed by atoms with Gasteiger partial charge in [-0.15, -0.1) is 0 Å². The van der Waals surface area contributed by atoms with Crippen LogP contribution in [0.15, 0.2) is 52.9 Å². The summed E-state index contributed by atoms with van der Waals surface area (Å²) >= 11 is 0. The molecule has 3 rings (SSSR count). The number of amides is 1. The molecule has 0 atom stereocenters. The molecule has 0 aliphatic heterocycles. The van der Waals surface area contributed by atoms with Crippen LogP contribution in [-0.4, -0.2) is 5.91 Å². The number of nitrogens with two attached hydrogens (primary N) is 1. The Morgan fingerprint density at radius 1 is 0.920 bits per heavy atom. The van der Waals surface area contributed by atoms with Gasteiger partial charge in [-0.05, 0) is 47.7 Å². The lowest BCUT2D eigenvalue weighted by Crippen LogP contribution is -2.08. The van der Waals surface area contributed by atoms with Gasteiger partial charge in [0.05, 0.1) is 0 Å². The van der Waals surface area contributed by atoms with E-state index in [0.717, 1.165) is 17.4 Å². The number of unbranched alkanes of at least 4 members (excludes halogenated alkanes) is 4. The molecule has 0 radical (unpaired) electrons. The Labute approximate surface area is 148 Å². The highest BCUT2D eigenvalue weighted by Crippen LogP contribution is 2.27. The Bertz CT molecular complexity index is 846. The third-order valence-electron chi connectivity index (χ3n) is 4.62. The zero-order valence-corrected chi connectivity index (χ0v) is 14.8. The third kappa shape index (κ3) is 4.30. The lowest BCUT2D eigenvalue weighted by atomic mass is 10.00. The van der Waals surface area contributed by atoms with Crippen LogP contribution in [0.4, 0.5) is 0 Å². The number of benzene rings is 2. The van der Waals surface area contributed by atoms with Crippen LogP contribution in [-0.2, 0) is 6.42 Å². The first-order valence-corrected chi connectivity index (χ1v) is 9.10. The number of fused-ring (bicyclic) bond motifs is 1. The molecule has 1 aromatic heterocycles. The largest absolute Gasteiger partial charge is 0.451 e.